The molecule has 0 atom stereocenters. The molecule has 33 heavy (non-hydrogen) atoms. The Morgan fingerprint density at radius 1 is 0.939 bits per heavy atom. The average molecular weight is 452 g/mol. The van der Waals surface area contributed by atoms with E-state index in [0.717, 1.165) is 71.7 Å². The molecule has 0 unspecified atom stereocenters. The lowest BCUT2D eigenvalue weighted by Crippen LogP contribution is -2.39. The first-order valence-electron chi connectivity index (χ1n) is 12.0. The zero-order valence-corrected chi connectivity index (χ0v) is 19.1. The second kappa shape index (κ2) is 11.0. The smallest absolute Gasteiger partial charge is 0.278 e. The van der Waals surface area contributed by atoms with Gasteiger partial charge in [-0.1, -0.05) is 18.2 Å². The number of H-pyrrole nitrogens is 1. The summed E-state index contributed by atoms with van der Waals surface area (Å²) in [5, 5.41) is 1.33. The first-order valence-corrected chi connectivity index (χ1v) is 12.0. The molecular formula is C25H33N5O3. The van der Waals surface area contributed by atoms with Gasteiger partial charge in [0, 0.05) is 68.8 Å². The summed E-state index contributed by atoms with van der Waals surface area (Å²) in [7, 11) is 0. The lowest BCUT2D eigenvalue weighted by atomic mass is 10.1. The van der Waals surface area contributed by atoms with E-state index in [0.29, 0.717) is 18.4 Å². The third kappa shape index (κ3) is 5.82. The largest absolute Gasteiger partial charge is 0.472 e. The first-order chi connectivity index (χ1) is 16.3. The second-order valence-corrected chi connectivity index (χ2v) is 8.74. The van der Waals surface area contributed by atoms with Gasteiger partial charge in [-0.25, -0.2) is 9.97 Å². The highest BCUT2D eigenvalue weighted by Gasteiger charge is 2.23. The van der Waals surface area contributed by atoms with Crippen LogP contribution in [-0.4, -0.2) is 89.9 Å². The lowest BCUT2D eigenvalue weighted by Gasteiger charge is -2.32. The Hall–Kier alpha value is -2.68. The van der Waals surface area contributed by atoms with Crippen LogP contribution in [0.2, 0.25) is 0 Å². The number of rotatable bonds is 9. The van der Waals surface area contributed by atoms with Gasteiger partial charge in [0.05, 0.1) is 13.2 Å². The highest BCUT2D eigenvalue weighted by atomic mass is 16.5. The summed E-state index contributed by atoms with van der Waals surface area (Å²) >= 11 is 0. The molecule has 8 nitrogen and oxygen atoms in total. The van der Waals surface area contributed by atoms with Crippen molar-refractivity contribution in [3.63, 3.8) is 0 Å². The zero-order chi connectivity index (χ0) is 22.3. The molecule has 0 amide bonds. The summed E-state index contributed by atoms with van der Waals surface area (Å²) in [5.41, 5.74) is 2.61. The van der Waals surface area contributed by atoms with Crippen LogP contribution in [0.4, 0.5) is 0 Å². The molecule has 2 saturated heterocycles. The topological polar surface area (TPSA) is 75.7 Å². The SMILES string of the molecule is c1ccc2c(CCN3CCC(Oc4nccnc4OCCN4CCOCC4)CC3)c[nH]c2c1. The molecule has 1 N–H and O–H groups in total. The van der Waals surface area contributed by atoms with Crippen molar-refractivity contribution in [2.24, 2.45) is 0 Å². The number of aromatic amines is 1. The quantitative estimate of drug-likeness (QED) is 0.536. The molecule has 0 radical (unpaired) electrons. The molecule has 1 aromatic carbocycles. The number of morpholine rings is 1. The molecule has 176 valence electrons. The molecular weight excluding hydrogens is 418 g/mol. The van der Waals surface area contributed by atoms with Crippen LogP contribution in [0.1, 0.15) is 18.4 Å². The van der Waals surface area contributed by atoms with Gasteiger partial charge >= 0.3 is 0 Å². The van der Waals surface area contributed by atoms with E-state index in [4.69, 9.17) is 14.2 Å². The van der Waals surface area contributed by atoms with Gasteiger partial charge in [-0.15, -0.1) is 0 Å². The van der Waals surface area contributed by atoms with E-state index in [9.17, 15) is 0 Å². The number of nitrogens with zero attached hydrogens (tertiary/aromatic N) is 4. The van der Waals surface area contributed by atoms with Gasteiger partial charge in [-0.05, 0) is 30.9 Å². The van der Waals surface area contributed by atoms with Crippen molar-refractivity contribution in [2.45, 2.75) is 25.4 Å². The highest BCUT2D eigenvalue weighted by molar-refractivity contribution is 5.83. The van der Waals surface area contributed by atoms with Crippen molar-refractivity contribution in [1.82, 2.24) is 24.8 Å². The summed E-state index contributed by atoms with van der Waals surface area (Å²) in [5.74, 6) is 1.00. The summed E-state index contributed by atoms with van der Waals surface area (Å²) in [6.45, 7) is 8.03. The van der Waals surface area contributed by atoms with Crippen molar-refractivity contribution < 1.29 is 14.2 Å². The number of likely N-dealkylation sites (tertiary alicyclic amines) is 1. The Kier molecular flexibility index (Phi) is 7.35. The molecule has 2 aliphatic heterocycles. The van der Waals surface area contributed by atoms with Crippen LogP contribution in [0, 0.1) is 0 Å². The third-order valence-electron chi connectivity index (χ3n) is 6.57. The van der Waals surface area contributed by atoms with E-state index >= 15 is 0 Å². The number of para-hydroxylation sites is 1. The van der Waals surface area contributed by atoms with Crippen molar-refractivity contribution in [3.8, 4) is 11.8 Å². The van der Waals surface area contributed by atoms with Gasteiger partial charge in [0.15, 0.2) is 0 Å². The van der Waals surface area contributed by atoms with E-state index in [1.54, 1.807) is 12.4 Å². The number of benzene rings is 1. The number of fused-ring (bicyclic) bond motifs is 1. The minimum Gasteiger partial charge on any atom is -0.472 e. The monoisotopic (exact) mass is 451 g/mol. The lowest BCUT2D eigenvalue weighted by molar-refractivity contribution is 0.0313. The van der Waals surface area contributed by atoms with E-state index in [2.05, 4.69) is 55.2 Å². The summed E-state index contributed by atoms with van der Waals surface area (Å²) < 4.78 is 17.5. The molecule has 3 aromatic rings. The normalized spacial score (nSPS) is 18.5. The predicted molar refractivity (Wildman–Crippen MR) is 127 cm³/mol. The zero-order valence-electron chi connectivity index (χ0n) is 19.1. The van der Waals surface area contributed by atoms with Crippen molar-refractivity contribution in [1.29, 1.82) is 0 Å². The van der Waals surface area contributed by atoms with E-state index in [-0.39, 0.29) is 6.10 Å². The van der Waals surface area contributed by atoms with Crippen molar-refractivity contribution in [3.05, 3.63) is 48.4 Å². The molecule has 2 fully saturated rings. The minimum absolute atomic E-state index is 0.146. The summed E-state index contributed by atoms with van der Waals surface area (Å²) in [6, 6.07) is 8.51. The van der Waals surface area contributed by atoms with Crippen molar-refractivity contribution in [2.75, 3.05) is 59.1 Å². The van der Waals surface area contributed by atoms with Gasteiger partial charge in [-0.3, -0.25) is 4.90 Å². The molecule has 2 aromatic heterocycles. The van der Waals surface area contributed by atoms with Gasteiger partial charge in [-0.2, -0.15) is 0 Å². The van der Waals surface area contributed by atoms with Crippen molar-refractivity contribution >= 4 is 10.9 Å². The Labute approximate surface area is 194 Å². The molecule has 4 heterocycles. The minimum atomic E-state index is 0.146. The molecule has 0 aliphatic carbocycles. The van der Waals surface area contributed by atoms with E-state index in [1.165, 1.54) is 16.5 Å². The van der Waals surface area contributed by atoms with Gasteiger partial charge in [0.2, 0.25) is 0 Å². The second-order valence-electron chi connectivity index (χ2n) is 8.74. The van der Waals surface area contributed by atoms with Crippen LogP contribution in [0.25, 0.3) is 10.9 Å². The van der Waals surface area contributed by atoms with Crippen LogP contribution >= 0.6 is 0 Å². The van der Waals surface area contributed by atoms with Gasteiger partial charge in [0.1, 0.15) is 12.7 Å². The van der Waals surface area contributed by atoms with Crippen LogP contribution < -0.4 is 9.47 Å². The van der Waals surface area contributed by atoms with E-state index in [1.807, 2.05) is 0 Å². The standard InChI is InChI=1S/C25H33N5O3/c1-2-4-23-22(3-1)20(19-28-23)5-10-29-11-6-21(7-12-29)33-25-24(26-8-9-27-25)32-18-15-30-13-16-31-17-14-30/h1-4,8-9,19,21,28H,5-7,10-18H2. The fourth-order valence-corrected chi connectivity index (χ4v) is 4.61. The average Bonchev–Trinajstić information content (AvgIpc) is 3.28. The Morgan fingerprint density at radius 3 is 2.55 bits per heavy atom. The number of hydrogen-bond donors (Lipinski definition) is 1. The Bertz CT molecular complexity index is 1010. The maximum Gasteiger partial charge on any atom is 0.278 e. The number of nitrogens with one attached hydrogen (secondary N) is 1. The Morgan fingerprint density at radius 2 is 1.70 bits per heavy atom. The molecule has 8 heteroatoms. The van der Waals surface area contributed by atoms with Crippen LogP contribution in [-0.2, 0) is 11.2 Å². The van der Waals surface area contributed by atoms with Crippen LogP contribution in [0.5, 0.6) is 11.8 Å². The number of ether oxygens (including phenoxy) is 3. The van der Waals surface area contributed by atoms with E-state index < -0.39 is 0 Å². The number of hydrogen-bond acceptors (Lipinski definition) is 7. The number of piperidine rings is 1. The van der Waals surface area contributed by atoms with Crippen LogP contribution in [0.3, 0.4) is 0 Å². The summed E-state index contributed by atoms with van der Waals surface area (Å²) in [4.78, 5) is 17.0. The maximum atomic E-state index is 6.22. The van der Waals surface area contributed by atoms with Crippen LogP contribution in [0.15, 0.2) is 42.9 Å². The van der Waals surface area contributed by atoms with Gasteiger partial charge in [0.25, 0.3) is 11.8 Å². The first kappa shape index (κ1) is 22.1. The molecule has 5 rings (SSSR count). The fraction of sp³-hybridized carbons (Fsp3) is 0.520. The summed E-state index contributed by atoms with van der Waals surface area (Å²) in [6.07, 6.45) is 8.64. The number of aromatic nitrogens is 3. The predicted octanol–water partition coefficient (Wildman–Crippen LogP) is 2.75. The molecule has 0 bridgehead atoms. The highest BCUT2D eigenvalue weighted by Crippen LogP contribution is 2.25. The maximum absolute atomic E-state index is 6.22. The molecule has 2 aliphatic rings. The molecule has 0 spiro atoms. The molecule has 0 saturated carbocycles. The third-order valence-corrected chi connectivity index (χ3v) is 6.57. The Balaban J connectivity index is 1.07. The van der Waals surface area contributed by atoms with Gasteiger partial charge < -0.3 is 24.1 Å². The fourth-order valence-electron chi connectivity index (χ4n) is 4.61.